The van der Waals surface area contributed by atoms with Gasteiger partial charge in [0.2, 0.25) is 0 Å². The molecular formula is C24H23Cl2N7O. The van der Waals surface area contributed by atoms with Crippen LogP contribution in [0.3, 0.4) is 0 Å². The SMILES string of the molecule is CC(C)(C)c1nc(NNC(=O)NN)c2cc(-c3ccc(Cl)cc3)c(-c3ccccc3Cl)nc2n1. The topological polar surface area (TPSA) is 118 Å². The van der Waals surface area contributed by atoms with E-state index < -0.39 is 6.03 Å². The number of nitrogens with one attached hydrogen (secondary N) is 3. The summed E-state index contributed by atoms with van der Waals surface area (Å²) in [6.45, 7) is 5.99. The number of rotatable bonds is 4. The van der Waals surface area contributed by atoms with Crippen LogP contribution in [-0.4, -0.2) is 21.0 Å². The van der Waals surface area contributed by atoms with E-state index in [1.54, 1.807) is 0 Å². The van der Waals surface area contributed by atoms with Gasteiger partial charge in [0.05, 0.1) is 11.1 Å². The minimum Gasteiger partial charge on any atom is -0.280 e. The largest absolute Gasteiger partial charge is 0.347 e. The first-order valence-electron chi connectivity index (χ1n) is 10.4. The normalized spacial score (nSPS) is 11.4. The third-order valence-corrected chi connectivity index (χ3v) is 5.65. The van der Waals surface area contributed by atoms with Crippen molar-refractivity contribution in [3.8, 4) is 22.4 Å². The van der Waals surface area contributed by atoms with Gasteiger partial charge in [-0.15, -0.1) is 0 Å². The number of halogens is 2. The van der Waals surface area contributed by atoms with Gasteiger partial charge in [-0.1, -0.05) is 74.3 Å². The van der Waals surface area contributed by atoms with Crippen LogP contribution in [0.15, 0.2) is 54.6 Å². The van der Waals surface area contributed by atoms with Crippen LogP contribution in [0.25, 0.3) is 33.4 Å². The molecule has 2 aromatic heterocycles. The predicted molar refractivity (Wildman–Crippen MR) is 136 cm³/mol. The van der Waals surface area contributed by atoms with Gasteiger partial charge in [-0.05, 0) is 29.8 Å². The van der Waals surface area contributed by atoms with Crippen LogP contribution in [-0.2, 0) is 5.41 Å². The number of aromatic nitrogens is 3. The molecule has 10 heteroatoms. The van der Waals surface area contributed by atoms with E-state index in [1.165, 1.54) is 0 Å². The zero-order valence-corrected chi connectivity index (χ0v) is 20.3. The van der Waals surface area contributed by atoms with Crippen LogP contribution in [0.4, 0.5) is 10.6 Å². The van der Waals surface area contributed by atoms with E-state index in [-0.39, 0.29) is 5.41 Å². The molecule has 4 rings (SSSR count). The Morgan fingerprint density at radius 2 is 1.65 bits per heavy atom. The summed E-state index contributed by atoms with van der Waals surface area (Å²) in [5.74, 6) is 6.12. The number of anilines is 1. The van der Waals surface area contributed by atoms with E-state index in [4.69, 9.17) is 39.0 Å². The molecule has 5 N–H and O–H groups in total. The van der Waals surface area contributed by atoms with E-state index in [9.17, 15) is 4.79 Å². The molecule has 2 amide bonds. The maximum Gasteiger partial charge on any atom is 0.347 e. The van der Waals surface area contributed by atoms with E-state index in [2.05, 4.69) is 15.8 Å². The number of pyridine rings is 1. The van der Waals surface area contributed by atoms with Crippen LogP contribution in [0.5, 0.6) is 0 Å². The van der Waals surface area contributed by atoms with Gasteiger partial charge in [-0.25, -0.2) is 31.0 Å². The monoisotopic (exact) mass is 495 g/mol. The average molecular weight is 496 g/mol. The molecule has 0 saturated carbocycles. The summed E-state index contributed by atoms with van der Waals surface area (Å²) >= 11 is 12.7. The molecule has 4 aromatic rings. The van der Waals surface area contributed by atoms with Crippen molar-refractivity contribution in [2.75, 3.05) is 5.43 Å². The zero-order valence-electron chi connectivity index (χ0n) is 18.8. The number of fused-ring (bicyclic) bond motifs is 1. The van der Waals surface area contributed by atoms with E-state index in [0.717, 1.165) is 16.7 Å². The molecule has 0 radical (unpaired) electrons. The number of hydrogen-bond acceptors (Lipinski definition) is 6. The number of hydrazine groups is 2. The lowest BCUT2D eigenvalue weighted by Gasteiger charge is -2.20. The van der Waals surface area contributed by atoms with Crippen LogP contribution < -0.4 is 22.1 Å². The Bertz CT molecular complexity index is 1370. The molecule has 34 heavy (non-hydrogen) atoms. The summed E-state index contributed by atoms with van der Waals surface area (Å²) in [5.41, 5.74) is 10.5. The number of hydrogen-bond donors (Lipinski definition) is 4. The van der Waals surface area contributed by atoms with Crippen molar-refractivity contribution in [1.82, 2.24) is 25.8 Å². The van der Waals surface area contributed by atoms with Gasteiger partial charge in [0.25, 0.3) is 0 Å². The van der Waals surface area contributed by atoms with Gasteiger partial charge < -0.3 is 0 Å². The molecule has 0 spiro atoms. The van der Waals surface area contributed by atoms with Crippen molar-refractivity contribution in [2.24, 2.45) is 5.84 Å². The number of nitrogens with zero attached hydrogens (tertiary/aromatic N) is 3. The molecule has 0 bridgehead atoms. The molecule has 2 aromatic carbocycles. The maximum atomic E-state index is 11.7. The summed E-state index contributed by atoms with van der Waals surface area (Å²) < 4.78 is 0. The van der Waals surface area contributed by atoms with Gasteiger partial charge in [-0.3, -0.25) is 10.9 Å². The lowest BCUT2D eigenvalue weighted by molar-refractivity contribution is 0.243. The highest BCUT2D eigenvalue weighted by Gasteiger charge is 2.23. The summed E-state index contributed by atoms with van der Waals surface area (Å²) in [5, 5.41) is 1.79. The van der Waals surface area contributed by atoms with E-state index in [0.29, 0.717) is 38.4 Å². The Labute approximate surface area is 206 Å². The fourth-order valence-corrected chi connectivity index (χ4v) is 3.70. The maximum absolute atomic E-state index is 11.7. The summed E-state index contributed by atoms with van der Waals surface area (Å²) in [7, 11) is 0. The molecule has 0 unspecified atom stereocenters. The van der Waals surface area contributed by atoms with Crippen molar-refractivity contribution in [3.05, 3.63) is 70.5 Å². The zero-order chi connectivity index (χ0) is 24.5. The minimum atomic E-state index is -0.623. The highest BCUT2D eigenvalue weighted by atomic mass is 35.5. The Morgan fingerprint density at radius 1 is 0.941 bits per heavy atom. The van der Waals surface area contributed by atoms with Gasteiger partial charge in [0.1, 0.15) is 5.82 Å². The van der Waals surface area contributed by atoms with E-state index in [1.807, 2.05) is 80.8 Å². The highest BCUT2D eigenvalue weighted by Crippen LogP contribution is 2.38. The van der Waals surface area contributed by atoms with E-state index >= 15 is 0 Å². The Balaban J connectivity index is 2.03. The minimum absolute atomic E-state index is 0.373. The molecule has 8 nitrogen and oxygen atoms in total. The first-order valence-corrected chi connectivity index (χ1v) is 11.2. The van der Waals surface area contributed by atoms with Gasteiger partial charge >= 0.3 is 6.03 Å². The van der Waals surface area contributed by atoms with Crippen LogP contribution in [0.2, 0.25) is 10.0 Å². The number of amides is 2. The number of nitrogens with two attached hydrogens (primary N) is 1. The summed E-state index contributed by atoms with van der Waals surface area (Å²) in [6.07, 6.45) is 0. The van der Waals surface area contributed by atoms with Crippen LogP contribution in [0, 0.1) is 0 Å². The van der Waals surface area contributed by atoms with Crippen molar-refractivity contribution in [3.63, 3.8) is 0 Å². The van der Waals surface area contributed by atoms with Crippen molar-refractivity contribution >= 4 is 46.1 Å². The smallest absolute Gasteiger partial charge is 0.280 e. The molecule has 0 atom stereocenters. The van der Waals surface area contributed by atoms with Gasteiger partial charge in [0.15, 0.2) is 11.5 Å². The molecular weight excluding hydrogens is 473 g/mol. The van der Waals surface area contributed by atoms with Crippen LogP contribution >= 0.6 is 23.2 Å². The first kappa shape index (κ1) is 23.7. The number of benzene rings is 2. The molecule has 2 heterocycles. The molecule has 0 aliphatic carbocycles. The lowest BCUT2D eigenvalue weighted by Crippen LogP contribution is -2.43. The second-order valence-corrected chi connectivity index (χ2v) is 9.46. The van der Waals surface area contributed by atoms with Crippen LogP contribution in [0.1, 0.15) is 26.6 Å². The molecule has 0 fully saturated rings. The van der Waals surface area contributed by atoms with Gasteiger partial charge in [-0.2, -0.15) is 0 Å². The van der Waals surface area contributed by atoms with Crippen molar-refractivity contribution < 1.29 is 4.79 Å². The molecule has 0 aliphatic heterocycles. The van der Waals surface area contributed by atoms with Gasteiger partial charge in [0, 0.05) is 26.6 Å². The van der Waals surface area contributed by atoms with Crippen molar-refractivity contribution in [1.29, 1.82) is 0 Å². The van der Waals surface area contributed by atoms with Crippen molar-refractivity contribution in [2.45, 2.75) is 26.2 Å². The number of carbonyl (C=O) groups excluding carboxylic acids is 1. The fourth-order valence-electron chi connectivity index (χ4n) is 3.35. The second-order valence-electron chi connectivity index (χ2n) is 8.61. The molecule has 174 valence electrons. The lowest BCUT2D eigenvalue weighted by atomic mass is 9.95. The fraction of sp³-hybridized carbons (Fsp3) is 0.167. The third kappa shape index (κ3) is 4.89. The summed E-state index contributed by atoms with van der Waals surface area (Å²) in [4.78, 5) is 26.0. The Hall–Kier alpha value is -3.46. The second kappa shape index (κ2) is 9.42. The standard InChI is InChI=1S/C24H23Cl2N7O/c1-24(2,3)22-29-20-17(21(30-22)32-33-23(34)31-27)12-16(13-8-10-14(25)11-9-13)19(28-20)15-6-4-5-7-18(15)26/h4-12H,27H2,1-3H3,(H2,31,33,34)(H,28,29,30,32). The first-order chi connectivity index (χ1) is 16.2. The average Bonchev–Trinajstić information content (AvgIpc) is 2.81. The molecule has 0 saturated heterocycles. The quantitative estimate of drug-likeness (QED) is 0.169. The summed E-state index contributed by atoms with van der Waals surface area (Å²) in [6, 6.07) is 16.2. The number of urea groups is 1. The predicted octanol–water partition coefficient (Wildman–Crippen LogP) is 5.46. The Kier molecular flexibility index (Phi) is 6.56. The highest BCUT2D eigenvalue weighted by molar-refractivity contribution is 6.33. The molecule has 0 aliphatic rings. The third-order valence-electron chi connectivity index (χ3n) is 5.07. The Morgan fingerprint density at radius 3 is 2.29 bits per heavy atom. The number of carbonyl (C=O) groups is 1.